The Morgan fingerprint density at radius 1 is 1.14 bits per heavy atom. The number of carbonyl (C=O) groups excluding carboxylic acids is 2. The third-order valence-corrected chi connectivity index (χ3v) is 6.94. The average Bonchev–Trinajstić information content (AvgIpc) is 2.81. The quantitative estimate of drug-likeness (QED) is 0.521. The van der Waals surface area contributed by atoms with Gasteiger partial charge in [-0.05, 0) is 82.7 Å². The van der Waals surface area contributed by atoms with E-state index < -0.39 is 6.09 Å². The zero-order chi connectivity index (χ0) is 25.7. The molecule has 1 fully saturated rings. The van der Waals surface area contributed by atoms with E-state index in [1.54, 1.807) is 13.1 Å². The smallest absolute Gasteiger partial charge is 0.407 e. The highest BCUT2D eigenvalue weighted by Gasteiger charge is 2.29. The molecule has 0 spiro atoms. The van der Waals surface area contributed by atoms with Gasteiger partial charge in [-0.25, -0.2) is 4.79 Å². The van der Waals surface area contributed by atoms with Gasteiger partial charge in [-0.3, -0.25) is 9.59 Å². The predicted molar refractivity (Wildman–Crippen MR) is 139 cm³/mol. The second-order valence-corrected chi connectivity index (χ2v) is 9.53. The average molecular weight is 503 g/mol. The molecule has 0 saturated heterocycles. The number of anilines is 1. The van der Waals surface area contributed by atoms with E-state index in [4.69, 9.17) is 16.3 Å². The minimum atomic E-state index is -0.398. The zero-order valence-corrected chi connectivity index (χ0v) is 21.8. The number of H-pyrrole nitrogens is 1. The van der Waals surface area contributed by atoms with Gasteiger partial charge in [0.2, 0.25) is 0 Å². The van der Waals surface area contributed by atoms with Crippen LogP contribution in [0.5, 0.6) is 0 Å². The molecular weight excluding hydrogens is 468 g/mol. The standard InChI is InChI=1S/C26H35ClN4O4/c1-6-31(19-7-9-20(10-8-19)35-26(34)28-5)23-13-18(27)12-21(17(23)4)24(32)29-14-22-15(2)11-16(3)30-25(22)33/h11-13,19-20H,6-10,14H2,1-5H3,(H,28,34)(H,29,32)(H,30,33). The fourth-order valence-electron chi connectivity index (χ4n) is 4.87. The Morgan fingerprint density at radius 3 is 2.43 bits per heavy atom. The van der Waals surface area contributed by atoms with Crippen LogP contribution in [0, 0.1) is 20.8 Å². The number of hydrogen-bond donors (Lipinski definition) is 3. The summed E-state index contributed by atoms with van der Waals surface area (Å²) in [5, 5.41) is 5.87. The lowest BCUT2D eigenvalue weighted by Crippen LogP contribution is -2.41. The van der Waals surface area contributed by atoms with Crippen LogP contribution in [0.15, 0.2) is 23.0 Å². The van der Waals surface area contributed by atoms with E-state index in [-0.39, 0.29) is 30.2 Å². The highest BCUT2D eigenvalue weighted by atomic mass is 35.5. The molecule has 3 rings (SSSR count). The van der Waals surface area contributed by atoms with Crippen molar-refractivity contribution in [3.8, 4) is 0 Å². The molecule has 1 aliphatic rings. The summed E-state index contributed by atoms with van der Waals surface area (Å²) >= 11 is 6.46. The van der Waals surface area contributed by atoms with Crippen molar-refractivity contribution in [1.82, 2.24) is 15.6 Å². The number of aryl methyl sites for hydroxylation is 2. The number of nitrogens with zero attached hydrogens (tertiary/aromatic N) is 1. The van der Waals surface area contributed by atoms with Gasteiger partial charge in [0, 0.05) is 53.7 Å². The van der Waals surface area contributed by atoms with Crippen molar-refractivity contribution in [1.29, 1.82) is 0 Å². The van der Waals surface area contributed by atoms with Gasteiger partial charge < -0.3 is 25.3 Å². The molecule has 1 aromatic heterocycles. The molecule has 0 radical (unpaired) electrons. The van der Waals surface area contributed by atoms with Gasteiger partial charge in [-0.1, -0.05) is 11.6 Å². The number of pyridine rings is 1. The van der Waals surface area contributed by atoms with E-state index in [0.29, 0.717) is 16.1 Å². The van der Waals surface area contributed by atoms with E-state index in [0.717, 1.165) is 54.7 Å². The maximum atomic E-state index is 13.1. The SMILES string of the molecule is CCN(c1cc(Cl)cc(C(=O)NCc2c(C)cc(C)[nH]c2=O)c1C)C1CCC(OC(=O)NC)CC1. The number of ether oxygens (including phenoxy) is 1. The van der Waals surface area contributed by atoms with Crippen LogP contribution in [0.25, 0.3) is 0 Å². The summed E-state index contributed by atoms with van der Waals surface area (Å²) in [5.41, 5.74) is 4.21. The summed E-state index contributed by atoms with van der Waals surface area (Å²) in [5.74, 6) is -0.274. The summed E-state index contributed by atoms with van der Waals surface area (Å²) in [6, 6.07) is 5.72. The van der Waals surface area contributed by atoms with Crippen LogP contribution in [0.2, 0.25) is 5.02 Å². The Hall–Kier alpha value is -3.00. The molecule has 3 N–H and O–H groups in total. The number of nitrogens with one attached hydrogen (secondary N) is 3. The molecule has 9 heteroatoms. The molecule has 35 heavy (non-hydrogen) atoms. The molecule has 1 heterocycles. The van der Waals surface area contributed by atoms with E-state index in [1.807, 2.05) is 32.9 Å². The molecule has 1 aromatic carbocycles. The van der Waals surface area contributed by atoms with Gasteiger partial charge in [-0.2, -0.15) is 0 Å². The van der Waals surface area contributed by atoms with Crippen molar-refractivity contribution < 1.29 is 14.3 Å². The number of rotatable bonds is 7. The van der Waals surface area contributed by atoms with E-state index in [1.165, 1.54) is 0 Å². The Kier molecular flexibility index (Phi) is 8.83. The molecule has 0 bridgehead atoms. The Labute approximate surface area is 211 Å². The molecule has 2 aromatic rings. The molecule has 0 aliphatic heterocycles. The molecular formula is C26H35ClN4O4. The van der Waals surface area contributed by atoms with Crippen molar-refractivity contribution in [2.75, 3.05) is 18.5 Å². The van der Waals surface area contributed by atoms with Crippen molar-refractivity contribution in [2.24, 2.45) is 0 Å². The lowest BCUT2D eigenvalue weighted by atomic mass is 9.90. The van der Waals surface area contributed by atoms with E-state index in [2.05, 4.69) is 27.4 Å². The molecule has 0 atom stereocenters. The number of carbonyl (C=O) groups is 2. The second-order valence-electron chi connectivity index (χ2n) is 9.10. The molecule has 8 nitrogen and oxygen atoms in total. The lowest BCUT2D eigenvalue weighted by Gasteiger charge is -2.38. The Balaban J connectivity index is 1.77. The third-order valence-electron chi connectivity index (χ3n) is 6.72. The molecule has 1 saturated carbocycles. The summed E-state index contributed by atoms with van der Waals surface area (Å²) in [4.78, 5) is 42.1. The van der Waals surface area contributed by atoms with Gasteiger partial charge in [0.05, 0.1) is 0 Å². The first-order valence-electron chi connectivity index (χ1n) is 12.1. The highest BCUT2D eigenvalue weighted by Crippen LogP contribution is 2.34. The first-order valence-corrected chi connectivity index (χ1v) is 12.4. The Bertz CT molecular complexity index is 1140. The van der Waals surface area contributed by atoms with Gasteiger partial charge in [0.25, 0.3) is 11.5 Å². The van der Waals surface area contributed by atoms with Gasteiger partial charge in [0.15, 0.2) is 0 Å². The largest absolute Gasteiger partial charge is 0.446 e. The van der Waals surface area contributed by atoms with Crippen LogP contribution in [0.1, 0.15) is 65.3 Å². The predicted octanol–water partition coefficient (Wildman–Crippen LogP) is 4.38. The topological polar surface area (TPSA) is 104 Å². The normalized spacial score (nSPS) is 17.5. The van der Waals surface area contributed by atoms with Gasteiger partial charge >= 0.3 is 6.09 Å². The van der Waals surface area contributed by atoms with Crippen LogP contribution in [0.4, 0.5) is 10.5 Å². The van der Waals surface area contributed by atoms with E-state index >= 15 is 0 Å². The van der Waals surface area contributed by atoms with Gasteiger partial charge in [0.1, 0.15) is 6.10 Å². The number of hydrogen-bond acceptors (Lipinski definition) is 5. The van der Waals surface area contributed by atoms with Crippen molar-refractivity contribution >= 4 is 29.3 Å². The number of amides is 2. The second kappa shape index (κ2) is 11.6. The fourth-order valence-corrected chi connectivity index (χ4v) is 5.09. The first kappa shape index (κ1) is 26.6. The summed E-state index contributed by atoms with van der Waals surface area (Å²) in [7, 11) is 1.56. The minimum Gasteiger partial charge on any atom is -0.446 e. The highest BCUT2D eigenvalue weighted by molar-refractivity contribution is 6.31. The minimum absolute atomic E-state index is 0.0833. The number of aromatic nitrogens is 1. The number of aromatic amines is 1. The number of benzene rings is 1. The molecule has 0 unspecified atom stereocenters. The zero-order valence-electron chi connectivity index (χ0n) is 21.1. The van der Waals surface area contributed by atoms with Crippen molar-refractivity contribution in [3.05, 3.63) is 61.5 Å². The number of halogens is 1. The van der Waals surface area contributed by atoms with E-state index in [9.17, 15) is 14.4 Å². The van der Waals surface area contributed by atoms with Crippen molar-refractivity contribution in [3.63, 3.8) is 0 Å². The maximum absolute atomic E-state index is 13.1. The van der Waals surface area contributed by atoms with Crippen LogP contribution >= 0.6 is 11.6 Å². The number of alkyl carbamates (subject to hydrolysis) is 1. The third kappa shape index (κ3) is 6.36. The maximum Gasteiger partial charge on any atom is 0.407 e. The van der Waals surface area contributed by atoms with Crippen molar-refractivity contribution in [2.45, 2.75) is 72.1 Å². The first-order chi connectivity index (χ1) is 16.6. The summed E-state index contributed by atoms with van der Waals surface area (Å²) in [6.45, 7) is 8.59. The van der Waals surface area contributed by atoms with Crippen LogP contribution in [-0.4, -0.2) is 42.7 Å². The molecule has 2 amide bonds. The van der Waals surface area contributed by atoms with Crippen LogP contribution in [-0.2, 0) is 11.3 Å². The fraction of sp³-hybridized carbons (Fsp3) is 0.500. The molecule has 1 aliphatic carbocycles. The monoisotopic (exact) mass is 502 g/mol. The van der Waals surface area contributed by atoms with Crippen LogP contribution in [0.3, 0.4) is 0 Å². The van der Waals surface area contributed by atoms with Crippen LogP contribution < -0.4 is 21.1 Å². The Morgan fingerprint density at radius 2 is 1.83 bits per heavy atom. The van der Waals surface area contributed by atoms with Gasteiger partial charge in [-0.15, -0.1) is 0 Å². The summed E-state index contributed by atoms with van der Waals surface area (Å²) in [6.07, 6.45) is 2.83. The summed E-state index contributed by atoms with van der Waals surface area (Å²) < 4.78 is 5.42. The lowest BCUT2D eigenvalue weighted by molar-refractivity contribution is 0.0727. The molecule has 190 valence electrons.